The number of halogens is 1. The van der Waals surface area contributed by atoms with Crippen LogP contribution in [0.25, 0.3) is 22.6 Å². The predicted molar refractivity (Wildman–Crippen MR) is 113 cm³/mol. The van der Waals surface area contributed by atoms with E-state index in [2.05, 4.69) is 11.6 Å². The maximum Gasteiger partial charge on any atom is 0.333 e. The highest BCUT2D eigenvalue weighted by Crippen LogP contribution is 2.29. The van der Waals surface area contributed by atoms with Crippen LogP contribution in [-0.2, 0) is 7.05 Å². The molecule has 0 fully saturated rings. The first-order valence-corrected chi connectivity index (χ1v) is 9.36. The highest BCUT2D eigenvalue weighted by atomic mass is 35.5. The van der Waals surface area contributed by atoms with Crippen molar-refractivity contribution in [1.82, 2.24) is 23.1 Å². The summed E-state index contributed by atoms with van der Waals surface area (Å²) in [5, 5.41) is 0.460. The van der Waals surface area contributed by atoms with Gasteiger partial charge in [-0.25, -0.2) is 4.79 Å². The van der Waals surface area contributed by atoms with Gasteiger partial charge in [0.25, 0.3) is 5.56 Å². The molecule has 3 aromatic heterocycles. The van der Waals surface area contributed by atoms with Gasteiger partial charge in [-0.15, -0.1) is 6.58 Å². The molecule has 9 heteroatoms. The largest absolute Gasteiger partial charge is 0.495 e. The van der Waals surface area contributed by atoms with Crippen LogP contribution in [0.2, 0.25) is 5.02 Å². The Bertz CT molecular complexity index is 1410. The number of nitrogens with zero attached hydrogens (tertiary/aromatic N) is 5. The molecule has 0 radical (unpaired) electrons. The molecule has 0 N–H and O–H groups in total. The van der Waals surface area contributed by atoms with Crippen LogP contribution in [-0.4, -0.2) is 30.2 Å². The van der Waals surface area contributed by atoms with Gasteiger partial charge in [-0.05, 0) is 32.0 Å². The summed E-state index contributed by atoms with van der Waals surface area (Å²) in [5.74, 6) is 1.07. The summed E-state index contributed by atoms with van der Waals surface area (Å²) in [6, 6.07) is 4.95. The molecule has 150 valence electrons. The van der Waals surface area contributed by atoms with Gasteiger partial charge in [-0.2, -0.15) is 4.98 Å². The summed E-state index contributed by atoms with van der Waals surface area (Å²) in [7, 11) is 3.15. The first kappa shape index (κ1) is 19.1. The van der Waals surface area contributed by atoms with Crippen molar-refractivity contribution in [1.29, 1.82) is 0 Å². The average Bonchev–Trinajstić information content (AvgIpc) is 3.20. The molecular formula is C20H20ClN5O3. The molecule has 8 nitrogen and oxygen atoms in total. The summed E-state index contributed by atoms with van der Waals surface area (Å²) in [6.45, 7) is 7.36. The second-order valence-electron chi connectivity index (χ2n) is 6.87. The fraction of sp³-hybridized carbons (Fsp3) is 0.250. The van der Waals surface area contributed by atoms with Crippen LogP contribution in [0, 0.1) is 6.92 Å². The molecule has 3 heterocycles. The van der Waals surface area contributed by atoms with Gasteiger partial charge in [0.2, 0.25) is 5.78 Å². The van der Waals surface area contributed by atoms with Gasteiger partial charge in [0, 0.05) is 18.9 Å². The number of rotatable bonds is 4. The van der Waals surface area contributed by atoms with Crippen molar-refractivity contribution in [3.8, 4) is 11.4 Å². The first-order valence-electron chi connectivity index (χ1n) is 8.98. The number of ether oxygens (including phenoxy) is 1. The number of fused-ring (bicyclic) bond motifs is 3. The highest BCUT2D eigenvalue weighted by Gasteiger charge is 2.22. The maximum atomic E-state index is 13.2. The fourth-order valence-corrected chi connectivity index (χ4v) is 3.81. The molecule has 0 saturated heterocycles. The van der Waals surface area contributed by atoms with Crippen molar-refractivity contribution in [3.05, 3.63) is 68.6 Å². The molecule has 0 aliphatic rings. The zero-order chi connectivity index (χ0) is 21.0. The van der Waals surface area contributed by atoms with E-state index < -0.39 is 17.3 Å². The minimum absolute atomic E-state index is 0.316. The zero-order valence-electron chi connectivity index (χ0n) is 16.5. The smallest absolute Gasteiger partial charge is 0.333 e. The molecule has 0 aliphatic carbocycles. The molecule has 0 spiro atoms. The van der Waals surface area contributed by atoms with E-state index in [9.17, 15) is 9.59 Å². The quantitative estimate of drug-likeness (QED) is 0.482. The van der Waals surface area contributed by atoms with Crippen LogP contribution in [0.4, 0.5) is 0 Å². The standard InChI is InChI=1S/C20H20ClN5O3/c1-6-11(2)26-18(27)16-17(23(4)20(26)28)22-19-24(16)10-12(3)25(19)13-7-8-15(29-5)14(21)9-13/h6-11H,1H2,2-5H3/t11-/m0/s1. The lowest BCUT2D eigenvalue weighted by molar-refractivity contribution is 0.415. The number of aromatic nitrogens is 5. The van der Waals surface area contributed by atoms with Gasteiger partial charge in [0.1, 0.15) is 5.75 Å². The molecule has 0 unspecified atom stereocenters. The molecule has 0 amide bonds. The third kappa shape index (κ3) is 2.63. The number of allylic oxidation sites excluding steroid dienone is 1. The Morgan fingerprint density at radius 2 is 2.03 bits per heavy atom. The summed E-state index contributed by atoms with van der Waals surface area (Å²) in [4.78, 5) is 30.5. The average molecular weight is 414 g/mol. The van der Waals surface area contributed by atoms with E-state index in [0.717, 1.165) is 11.4 Å². The zero-order valence-corrected chi connectivity index (χ0v) is 17.3. The van der Waals surface area contributed by atoms with Gasteiger partial charge in [0.15, 0.2) is 11.2 Å². The molecule has 0 aliphatic heterocycles. The Morgan fingerprint density at radius 1 is 1.31 bits per heavy atom. The number of benzene rings is 1. The van der Waals surface area contributed by atoms with E-state index in [0.29, 0.717) is 27.7 Å². The SMILES string of the molecule is C=C[C@H](C)n1c(=O)c2c(nc3n(-c4ccc(OC)c(Cl)c4)c(C)cn23)n(C)c1=O. The Hall–Kier alpha value is -3.26. The molecule has 0 saturated carbocycles. The lowest BCUT2D eigenvalue weighted by atomic mass is 10.3. The predicted octanol–water partition coefficient (Wildman–Crippen LogP) is 2.86. The van der Waals surface area contributed by atoms with Gasteiger partial charge in [-0.1, -0.05) is 17.7 Å². The summed E-state index contributed by atoms with van der Waals surface area (Å²) in [5.41, 5.74) is 1.42. The van der Waals surface area contributed by atoms with E-state index >= 15 is 0 Å². The number of methoxy groups -OCH3 is 1. The number of hydrogen-bond acceptors (Lipinski definition) is 4. The van der Waals surface area contributed by atoms with Crippen molar-refractivity contribution in [3.63, 3.8) is 0 Å². The molecule has 29 heavy (non-hydrogen) atoms. The van der Waals surface area contributed by atoms with Crippen molar-refractivity contribution in [2.24, 2.45) is 7.05 Å². The monoisotopic (exact) mass is 413 g/mol. The summed E-state index contributed by atoms with van der Waals surface area (Å²) >= 11 is 6.30. The second-order valence-corrected chi connectivity index (χ2v) is 7.28. The Balaban J connectivity index is 2.11. The van der Waals surface area contributed by atoms with Crippen LogP contribution < -0.4 is 16.0 Å². The summed E-state index contributed by atoms with van der Waals surface area (Å²) < 4.78 is 11.4. The van der Waals surface area contributed by atoms with Crippen LogP contribution in [0.1, 0.15) is 18.7 Å². The minimum Gasteiger partial charge on any atom is -0.495 e. The lowest BCUT2D eigenvalue weighted by Gasteiger charge is -2.11. The van der Waals surface area contributed by atoms with Crippen molar-refractivity contribution >= 4 is 28.5 Å². The van der Waals surface area contributed by atoms with E-state index in [1.165, 1.54) is 9.13 Å². The van der Waals surface area contributed by atoms with E-state index in [4.69, 9.17) is 16.3 Å². The van der Waals surface area contributed by atoms with E-state index in [1.807, 2.05) is 23.8 Å². The topological polar surface area (TPSA) is 75.5 Å². The third-order valence-electron chi connectivity index (χ3n) is 5.12. The van der Waals surface area contributed by atoms with Gasteiger partial charge >= 0.3 is 5.69 Å². The molecule has 1 aromatic carbocycles. The normalized spacial score (nSPS) is 12.6. The fourth-order valence-electron chi connectivity index (χ4n) is 3.56. The van der Waals surface area contributed by atoms with Crippen LogP contribution >= 0.6 is 11.6 Å². The molecule has 4 aromatic rings. The van der Waals surface area contributed by atoms with Crippen LogP contribution in [0.5, 0.6) is 5.75 Å². The molecule has 0 bridgehead atoms. The first-order chi connectivity index (χ1) is 13.8. The van der Waals surface area contributed by atoms with E-state index in [-0.39, 0.29) is 0 Å². The van der Waals surface area contributed by atoms with Crippen molar-refractivity contribution in [2.45, 2.75) is 19.9 Å². The van der Waals surface area contributed by atoms with Crippen LogP contribution in [0.15, 0.2) is 46.6 Å². The van der Waals surface area contributed by atoms with Crippen molar-refractivity contribution < 1.29 is 4.74 Å². The number of hydrogen-bond donors (Lipinski definition) is 0. The Kier molecular flexibility index (Phi) is 4.38. The Morgan fingerprint density at radius 3 is 2.66 bits per heavy atom. The third-order valence-corrected chi connectivity index (χ3v) is 5.41. The van der Waals surface area contributed by atoms with Gasteiger partial charge < -0.3 is 4.74 Å². The maximum absolute atomic E-state index is 13.2. The van der Waals surface area contributed by atoms with Crippen LogP contribution in [0.3, 0.4) is 0 Å². The van der Waals surface area contributed by atoms with Crippen molar-refractivity contribution in [2.75, 3.05) is 7.11 Å². The molecular weight excluding hydrogens is 394 g/mol. The Labute approximate surface area is 170 Å². The van der Waals surface area contributed by atoms with Gasteiger partial charge in [-0.3, -0.25) is 22.9 Å². The second kappa shape index (κ2) is 6.66. The number of imidazole rings is 2. The lowest BCUT2D eigenvalue weighted by Crippen LogP contribution is -2.40. The minimum atomic E-state index is -0.445. The molecule has 1 atom stereocenters. The molecule has 4 rings (SSSR count). The summed E-state index contributed by atoms with van der Waals surface area (Å²) in [6.07, 6.45) is 3.38. The number of aryl methyl sites for hydroxylation is 2. The van der Waals surface area contributed by atoms with E-state index in [1.54, 1.807) is 43.7 Å². The highest BCUT2D eigenvalue weighted by molar-refractivity contribution is 6.32. The van der Waals surface area contributed by atoms with Gasteiger partial charge in [0.05, 0.1) is 23.9 Å².